The number of fused-ring (bicyclic) bond motifs is 2. The largest absolute Gasteiger partial charge is 0.489 e. The van der Waals surface area contributed by atoms with Gasteiger partial charge in [0.1, 0.15) is 29.8 Å². The number of piperidine rings is 1. The lowest BCUT2D eigenvalue weighted by atomic mass is 10.0. The third-order valence-corrected chi connectivity index (χ3v) is 7.38. The minimum atomic E-state index is -0.865. The van der Waals surface area contributed by atoms with Gasteiger partial charge in [0.25, 0.3) is 17.4 Å². The maximum absolute atomic E-state index is 13.3. The number of hydrogen-bond donors (Lipinski definition) is 4. The number of carbonyl (C=O) groups is 2. The second kappa shape index (κ2) is 10.5. The van der Waals surface area contributed by atoms with Gasteiger partial charge in [-0.15, -0.1) is 0 Å². The quantitative estimate of drug-likeness (QED) is 0.244. The van der Waals surface area contributed by atoms with Crippen molar-refractivity contribution in [2.45, 2.75) is 25.0 Å². The first-order chi connectivity index (χ1) is 19.4. The number of nitrogens with zero attached hydrogens (tertiary/aromatic N) is 4. The molecule has 0 bridgehead atoms. The number of aliphatic hydroxyl groups excluding tert-OH is 1. The summed E-state index contributed by atoms with van der Waals surface area (Å²) >= 11 is 0. The van der Waals surface area contributed by atoms with Gasteiger partial charge in [-0.1, -0.05) is 0 Å². The molecule has 0 unspecified atom stereocenters. The van der Waals surface area contributed by atoms with Crippen molar-refractivity contribution in [2.75, 3.05) is 38.6 Å². The molecule has 3 aromatic heterocycles. The average molecular weight is 544 g/mol. The Kier molecular flexibility index (Phi) is 6.78. The number of rotatable bonds is 8. The average Bonchev–Trinajstić information content (AvgIpc) is 3.48. The Bertz CT molecular complexity index is 1570. The number of ether oxygens (including phenoxy) is 1. The summed E-state index contributed by atoms with van der Waals surface area (Å²) in [5, 5.41) is 13.5. The number of aromatic nitrogens is 4. The summed E-state index contributed by atoms with van der Waals surface area (Å²) in [6.45, 7) is 1.81. The standard InChI is InChI=1S/C28H29N7O5/c1-34-9-5-16(6-10-34)35-27(38)19-11-22-23(12-20(19)28(35)39)33-25(32-22)24-21(4-8-30-26(24)37)31-13-17(36)15-40-18-3-2-7-29-14-18/h2-4,7-8,11-12,14,16-17,36H,5-6,9-10,13,15H2,1H3,(H,32,33)(H2,30,31,37)/t17-/m1/s1. The molecule has 12 nitrogen and oxygen atoms in total. The number of benzene rings is 1. The zero-order chi connectivity index (χ0) is 27.8. The SMILES string of the molecule is CN1CCC(N2C(=O)c3cc4nc(-c5c(NC[C@@H](O)COc6cccnc6)cc[nH]c5=O)[nH]c4cc3C2=O)CC1. The molecule has 0 radical (unpaired) electrons. The molecular formula is C28H29N7O5. The zero-order valence-corrected chi connectivity index (χ0v) is 21.9. The van der Waals surface area contributed by atoms with Crippen LogP contribution in [0.15, 0.2) is 53.7 Å². The molecule has 0 saturated carbocycles. The highest BCUT2D eigenvalue weighted by molar-refractivity contribution is 6.23. The molecule has 0 aliphatic carbocycles. The van der Waals surface area contributed by atoms with Crippen LogP contribution >= 0.6 is 0 Å². The van der Waals surface area contributed by atoms with Crippen LogP contribution in [0.1, 0.15) is 33.6 Å². The third-order valence-electron chi connectivity index (χ3n) is 7.38. The number of carbonyl (C=O) groups excluding carboxylic acids is 2. The van der Waals surface area contributed by atoms with Crippen molar-refractivity contribution in [3.63, 3.8) is 0 Å². The van der Waals surface area contributed by atoms with Crippen LogP contribution in [-0.2, 0) is 0 Å². The van der Waals surface area contributed by atoms with Crippen LogP contribution in [0.2, 0.25) is 0 Å². The fourth-order valence-electron chi connectivity index (χ4n) is 5.24. The molecule has 4 N–H and O–H groups in total. The molecule has 2 aliphatic heterocycles. The number of anilines is 1. The van der Waals surface area contributed by atoms with Gasteiger partial charge in [0.05, 0.1) is 34.0 Å². The first kappa shape index (κ1) is 25.7. The van der Waals surface area contributed by atoms with Gasteiger partial charge in [-0.3, -0.25) is 24.3 Å². The van der Waals surface area contributed by atoms with Gasteiger partial charge < -0.3 is 30.0 Å². The number of nitrogens with one attached hydrogen (secondary N) is 3. The van der Waals surface area contributed by atoms with Gasteiger partial charge in [-0.05, 0) is 63.3 Å². The topological polar surface area (TPSA) is 157 Å². The van der Waals surface area contributed by atoms with Crippen LogP contribution in [0.3, 0.4) is 0 Å². The molecule has 2 aliphatic rings. The summed E-state index contributed by atoms with van der Waals surface area (Å²) in [5.74, 6) is 0.216. The van der Waals surface area contributed by atoms with E-state index in [-0.39, 0.29) is 42.4 Å². The minimum Gasteiger partial charge on any atom is -0.489 e. The monoisotopic (exact) mass is 543 g/mol. The molecule has 12 heteroatoms. The van der Waals surface area contributed by atoms with E-state index in [4.69, 9.17) is 4.74 Å². The normalized spacial score (nSPS) is 16.9. The summed E-state index contributed by atoms with van der Waals surface area (Å²) in [6.07, 6.45) is 5.32. The molecule has 1 aromatic carbocycles. The number of imidazole rings is 1. The van der Waals surface area contributed by atoms with E-state index in [0.717, 1.165) is 25.9 Å². The molecule has 5 heterocycles. The summed E-state index contributed by atoms with van der Waals surface area (Å²) in [4.78, 5) is 57.3. The lowest BCUT2D eigenvalue weighted by Gasteiger charge is -2.33. The summed E-state index contributed by atoms with van der Waals surface area (Å²) in [5.41, 5.74) is 1.98. The molecule has 4 aromatic rings. The van der Waals surface area contributed by atoms with E-state index >= 15 is 0 Å². The van der Waals surface area contributed by atoms with Gasteiger partial charge in [0, 0.05) is 25.0 Å². The predicted molar refractivity (Wildman–Crippen MR) is 147 cm³/mol. The number of hydrogen-bond acceptors (Lipinski definition) is 9. The molecule has 1 fully saturated rings. The van der Waals surface area contributed by atoms with Crippen molar-refractivity contribution in [2.24, 2.45) is 0 Å². The van der Waals surface area contributed by atoms with E-state index in [9.17, 15) is 19.5 Å². The summed E-state index contributed by atoms with van der Waals surface area (Å²) < 4.78 is 5.54. The van der Waals surface area contributed by atoms with Crippen molar-refractivity contribution < 1.29 is 19.4 Å². The van der Waals surface area contributed by atoms with Gasteiger partial charge in [0.15, 0.2) is 0 Å². The van der Waals surface area contributed by atoms with E-state index in [1.165, 1.54) is 11.1 Å². The Balaban J connectivity index is 1.22. The number of aliphatic hydroxyl groups is 1. The number of H-pyrrole nitrogens is 2. The molecule has 0 spiro atoms. The summed E-state index contributed by atoms with van der Waals surface area (Å²) in [7, 11) is 2.03. The number of aromatic amines is 2. The van der Waals surface area contributed by atoms with Gasteiger partial charge in [-0.25, -0.2) is 4.98 Å². The molecule has 2 amide bonds. The maximum atomic E-state index is 13.3. The summed E-state index contributed by atoms with van der Waals surface area (Å²) in [6, 6.07) is 8.29. The van der Waals surface area contributed by atoms with E-state index in [2.05, 4.69) is 30.2 Å². The van der Waals surface area contributed by atoms with E-state index in [1.54, 1.807) is 42.7 Å². The van der Waals surface area contributed by atoms with Crippen molar-refractivity contribution in [3.05, 3.63) is 70.4 Å². The zero-order valence-electron chi connectivity index (χ0n) is 21.9. The molecule has 6 rings (SSSR count). The smallest absolute Gasteiger partial charge is 0.261 e. The lowest BCUT2D eigenvalue weighted by Crippen LogP contribution is -2.46. The number of likely N-dealkylation sites (tertiary alicyclic amines) is 1. The van der Waals surface area contributed by atoms with Crippen LogP contribution < -0.4 is 15.6 Å². The van der Waals surface area contributed by atoms with E-state index in [0.29, 0.717) is 33.6 Å². The number of pyridine rings is 2. The lowest BCUT2D eigenvalue weighted by molar-refractivity contribution is 0.0516. The third kappa shape index (κ3) is 4.82. The van der Waals surface area contributed by atoms with Crippen molar-refractivity contribution in [3.8, 4) is 17.1 Å². The molecular weight excluding hydrogens is 514 g/mol. The number of amides is 2. The van der Waals surface area contributed by atoms with E-state index < -0.39 is 11.7 Å². The van der Waals surface area contributed by atoms with Gasteiger partial charge in [-0.2, -0.15) is 0 Å². The predicted octanol–water partition coefficient (Wildman–Crippen LogP) is 1.86. The maximum Gasteiger partial charge on any atom is 0.261 e. The van der Waals surface area contributed by atoms with E-state index in [1.807, 2.05) is 7.05 Å². The molecule has 206 valence electrons. The van der Waals surface area contributed by atoms with Crippen LogP contribution in [0.5, 0.6) is 5.75 Å². The van der Waals surface area contributed by atoms with Crippen LogP contribution in [0.4, 0.5) is 5.69 Å². The van der Waals surface area contributed by atoms with Crippen LogP contribution in [0, 0.1) is 0 Å². The van der Waals surface area contributed by atoms with Crippen LogP contribution in [0.25, 0.3) is 22.4 Å². The Labute approximate surface area is 229 Å². The Morgan fingerprint density at radius 3 is 2.67 bits per heavy atom. The first-order valence-corrected chi connectivity index (χ1v) is 13.2. The fraction of sp³-hybridized carbons (Fsp3) is 0.321. The van der Waals surface area contributed by atoms with Crippen molar-refractivity contribution in [1.82, 2.24) is 29.7 Å². The molecule has 1 saturated heterocycles. The fourth-order valence-corrected chi connectivity index (χ4v) is 5.24. The van der Waals surface area contributed by atoms with Crippen molar-refractivity contribution in [1.29, 1.82) is 0 Å². The Morgan fingerprint density at radius 2 is 1.93 bits per heavy atom. The highest BCUT2D eigenvalue weighted by Crippen LogP contribution is 2.32. The highest BCUT2D eigenvalue weighted by atomic mass is 16.5. The number of imide groups is 1. The minimum absolute atomic E-state index is 0.0318. The first-order valence-electron chi connectivity index (χ1n) is 13.2. The Morgan fingerprint density at radius 1 is 1.15 bits per heavy atom. The second-order valence-corrected chi connectivity index (χ2v) is 10.1. The van der Waals surface area contributed by atoms with Crippen molar-refractivity contribution >= 4 is 28.5 Å². The van der Waals surface area contributed by atoms with Gasteiger partial charge in [0.2, 0.25) is 0 Å². The van der Waals surface area contributed by atoms with Crippen LogP contribution in [-0.4, -0.2) is 92.1 Å². The second-order valence-electron chi connectivity index (χ2n) is 10.1. The highest BCUT2D eigenvalue weighted by Gasteiger charge is 2.41. The van der Waals surface area contributed by atoms with Gasteiger partial charge >= 0.3 is 0 Å². The molecule has 40 heavy (non-hydrogen) atoms. The Hall–Kier alpha value is -4.55. The molecule has 1 atom stereocenters.